The third kappa shape index (κ3) is 2.06. The highest BCUT2D eigenvalue weighted by Gasteiger charge is 2.46. The first kappa shape index (κ1) is 13.8. The molecule has 0 spiro atoms. The third-order valence-electron chi connectivity index (χ3n) is 3.97. The van der Waals surface area contributed by atoms with E-state index in [9.17, 15) is 0 Å². The number of hydrogen-bond donors (Lipinski definition) is 1. The van der Waals surface area contributed by atoms with Gasteiger partial charge in [0.2, 0.25) is 0 Å². The van der Waals surface area contributed by atoms with Crippen LogP contribution in [-0.4, -0.2) is 29.5 Å². The Balaban J connectivity index is 2.41. The van der Waals surface area contributed by atoms with Crippen LogP contribution < -0.4 is 5.32 Å². The summed E-state index contributed by atoms with van der Waals surface area (Å²) in [5.74, 6) is 0. The van der Waals surface area contributed by atoms with E-state index >= 15 is 0 Å². The van der Waals surface area contributed by atoms with Crippen LogP contribution in [0.15, 0.2) is 6.20 Å². The fourth-order valence-corrected chi connectivity index (χ4v) is 3.06. The molecule has 102 valence electrons. The van der Waals surface area contributed by atoms with Gasteiger partial charge in [0.05, 0.1) is 28.6 Å². The molecule has 1 heterocycles. The number of methoxy groups -OCH3 is 1. The molecule has 1 fully saturated rings. The molecule has 2 rings (SSSR count). The second kappa shape index (κ2) is 5.19. The summed E-state index contributed by atoms with van der Waals surface area (Å²) in [5, 5.41) is 8.46. The van der Waals surface area contributed by atoms with Crippen LogP contribution in [-0.2, 0) is 4.74 Å². The molecule has 1 aliphatic rings. The molecule has 1 atom stereocenters. The maximum atomic E-state index is 6.33. The van der Waals surface area contributed by atoms with Crippen molar-refractivity contribution >= 4 is 11.6 Å². The van der Waals surface area contributed by atoms with E-state index in [0.29, 0.717) is 5.02 Å². The molecular formula is C13H22ClN3O. The Morgan fingerprint density at radius 1 is 1.50 bits per heavy atom. The minimum Gasteiger partial charge on any atom is -0.376 e. The quantitative estimate of drug-likeness (QED) is 0.895. The second-order valence-corrected chi connectivity index (χ2v) is 5.67. The zero-order valence-electron chi connectivity index (χ0n) is 11.5. The molecule has 0 aromatic carbocycles. The highest BCUT2D eigenvalue weighted by atomic mass is 35.5. The molecule has 5 heteroatoms. The fraction of sp³-hybridized carbons (Fsp3) is 0.769. The number of hydrogen-bond acceptors (Lipinski definition) is 3. The Bertz CT molecular complexity index is 407. The van der Waals surface area contributed by atoms with Gasteiger partial charge in [-0.05, 0) is 40.2 Å². The highest BCUT2D eigenvalue weighted by Crippen LogP contribution is 2.46. The summed E-state index contributed by atoms with van der Waals surface area (Å²) in [4.78, 5) is 0. The molecule has 1 aromatic heterocycles. The minimum atomic E-state index is -0.134. The predicted molar refractivity (Wildman–Crippen MR) is 73.0 cm³/mol. The van der Waals surface area contributed by atoms with Crippen molar-refractivity contribution in [3.8, 4) is 0 Å². The summed E-state index contributed by atoms with van der Waals surface area (Å²) in [5.41, 5.74) is 0.904. The third-order valence-corrected chi connectivity index (χ3v) is 4.26. The summed E-state index contributed by atoms with van der Waals surface area (Å²) in [6, 6.07) is 0.381. The normalized spacial score (nSPS) is 19.9. The Morgan fingerprint density at radius 2 is 2.17 bits per heavy atom. The molecule has 1 aliphatic carbocycles. The average molecular weight is 272 g/mol. The number of nitrogens with zero attached hydrogens (tertiary/aromatic N) is 2. The lowest BCUT2D eigenvalue weighted by Crippen LogP contribution is -2.50. The van der Waals surface area contributed by atoms with E-state index in [1.807, 2.05) is 11.7 Å². The molecule has 4 nitrogen and oxygen atoms in total. The van der Waals surface area contributed by atoms with Gasteiger partial charge < -0.3 is 10.1 Å². The van der Waals surface area contributed by atoms with Crippen LogP contribution >= 0.6 is 11.6 Å². The Labute approximate surface area is 114 Å². The molecule has 1 N–H and O–H groups in total. The zero-order chi connectivity index (χ0) is 13.3. The Morgan fingerprint density at radius 3 is 2.56 bits per heavy atom. The van der Waals surface area contributed by atoms with Crippen LogP contribution in [0.5, 0.6) is 0 Å². The molecule has 0 aliphatic heterocycles. The van der Waals surface area contributed by atoms with Crippen molar-refractivity contribution in [1.29, 1.82) is 0 Å². The number of halogens is 1. The molecule has 1 aromatic rings. The molecular weight excluding hydrogens is 250 g/mol. The van der Waals surface area contributed by atoms with Crippen molar-refractivity contribution in [3.05, 3.63) is 16.9 Å². The van der Waals surface area contributed by atoms with Crippen LogP contribution in [0, 0.1) is 0 Å². The van der Waals surface area contributed by atoms with Gasteiger partial charge in [0.15, 0.2) is 0 Å². The molecule has 1 unspecified atom stereocenters. The first-order valence-electron chi connectivity index (χ1n) is 6.51. The SMILES string of the molecule is CNC(c1c(Cl)cnn1C(C)C)C1(OC)CCC1. The minimum absolute atomic E-state index is 0.0913. The molecule has 0 radical (unpaired) electrons. The van der Waals surface area contributed by atoms with Crippen molar-refractivity contribution < 1.29 is 4.74 Å². The number of likely N-dealkylation sites (N-methyl/N-ethyl adjacent to an activating group) is 1. The topological polar surface area (TPSA) is 39.1 Å². The maximum Gasteiger partial charge on any atom is 0.0888 e. The van der Waals surface area contributed by atoms with Gasteiger partial charge in [-0.1, -0.05) is 11.6 Å². The van der Waals surface area contributed by atoms with Crippen molar-refractivity contribution in [2.24, 2.45) is 0 Å². The van der Waals surface area contributed by atoms with Crippen molar-refractivity contribution in [2.45, 2.75) is 50.8 Å². The molecule has 18 heavy (non-hydrogen) atoms. The first-order valence-corrected chi connectivity index (χ1v) is 6.89. The van der Waals surface area contributed by atoms with E-state index in [0.717, 1.165) is 18.5 Å². The summed E-state index contributed by atoms with van der Waals surface area (Å²) in [6.45, 7) is 4.22. The summed E-state index contributed by atoms with van der Waals surface area (Å²) < 4.78 is 7.77. The summed E-state index contributed by atoms with van der Waals surface area (Å²) in [7, 11) is 3.74. The van der Waals surface area contributed by atoms with E-state index in [2.05, 4.69) is 24.3 Å². The smallest absolute Gasteiger partial charge is 0.0888 e. The zero-order valence-corrected chi connectivity index (χ0v) is 12.3. The first-order chi connectivity index (χ1) is 8.55. The van der Waals surface area contributed by atoms with Gasteiger partial charge in [0.1, 0.15) is 0 Å². The standard InChI is InChI=1S/C13H22ClN3O/c1-9(2)17-11(10(14)8-16-17)12(15-3)13(18-4)6-5-7-13/h8-9,12,15H,5-7H2,1-4H3. The van der Waals surface area contributed by atoms with Gasteiger partial charge in [-0.3, -0.25) is 4.68 Å². The van der Waals surface area contributed by atoms with Crippen LogP contribution in [0.25, 0.3) is 0 Å². The molecule has 1 saturated carbocycles. The van der Waals surface area contributed by atoms with E-state index in [1.165, 1.54) is 6.42 Å². The van der Waals surface area contributed by atoms with E-state index < -0.39 is 0 Å². The Hall–Kier alpha value is -0.580. The van der Waals surface area contributed by atoms with E-state index in [-0.39, 0.29) is 17.7 Å². The van der Waals surface area contributed by atoms with Gasteiger partial charge in [-0.25, -0.2) is 0 Å². The van der Waals surface area contributed by atoms with Crippen LogP contribution in [0.3, 0.4) is 0 Å². The largest absolute Gasteiger partial charge is 0.376 e. The van der Waals surface area contributed by atoms with E-state index in [1.54, 1.807) is 13.3 Å². The van der Waals surface area contributed by atoms with Crippen LogP contribution in [0.2, 0.25) is 5.02 Å². The van der Waals surface area contributed by atoms with Gasteiger partial charge in [0.25, 0.3) is 0 Å². The number of rotatable bonds is 5. The lowest BCUT2D eigenvalue weighted by molar-refractivity contribution is -0.100. The molecule has 0 amide bonds. The Kier molecular flexibility index (Phi) is 3.99. The van der Waals surface area contributed by atoms with E-state index in [4.69, 9.17) is 16.3 Å². The lowest BCUT2D eigenvalue weighted by atomic mass is 9.73. The van der Waals surface area contributed by atoms with Gasteiger partial charge >= 0.3 is 0 Å². The second-order valence-electron chi connectivity index (χ2n) is 5.26. The predicted octanol–water partition coefficient (Wildman–Crippen LogP) is 2.95. The monoisotopic (exact) mass is 271 g/mol. The maximum absolute atomic E-state index is 6.33. The average Bonchev–Trinajstić information content (AvgIpc) is 2.65. The van der Waals surface area contributed by atoms with Gasteiger partial charge in [0, 0.05) is 13.2 Å². The summed E-state index contributed by atoms with van der Waals surface area (Å²) in [6.07, 6.45) is 5.06. The number of nitrogens with one attached hydrogen (secondary N) is 1. The molecule has 0 saturated heterocycles. The number of ether oxygens (including phenoxy) is 1. The van der Waals surface area contributed by atoms with Crippen LogP contribution in [0.1, 0.15) is 50.9 Å². The summed E-state index contributed by atoms with van der Waals surface area (Å²) >= 11 is 6.33. The van der Waals surface area contributed by atoms with Crippen molar-refractivity contribution in [2.75, 3.05) is 14.2 Å². The van der Waals surface area contributed by atoms with Crippen molar-refractivity contribution in [3.63, 3.8) is 0 Å². The number of aromatic nitrogens is 2. The highest BCUT2D eigenvalue weighted by molar-refractivity contribution is 6.31. The van der Waals surface area contributed by atoms with Crippen molar-refractivity contribution in [1.82, 2.24) is 15.1 Å². The fourth-order valence-electron chi connectivity index (χ4n) is 2.82. The van der Waals surface area contributed by atoms with Gasteiger partial charge in [-0.15, -0.1) is 0 Å². The molecule has 0 bridgehead atoms. The van der Waals surface area contributed by atoms with Gasteiger partial charge in [-0.2, -0.15) is 5.10 Å². The van der Waals surface area contributed by atoms with Crippen LogP contribution in [0.4, 0.5) is 0 Å². The lowest BCUT2D eigenvalue weighted by Gasteiger charge is -2.46.